The highest BCUT2D eigenvalue weighted by Gasteiger charge is 2.18. The van der Waals surface area contributed by atoms with Gasteiger partial charge in [-0.05, 0) is 26.0 Å². The van der Waals surface area contributed by atoms with Crippen LogP contribution in [0.1, 0.15) is 34.6 Å². The van der Waals surface area contributed by atoms with E-state index in [1.807, 2.05) is 42.2 Å². The average molecular weight is 339 g/mol. The molecule has 128 valence electrons. The third-order valence-corrected chi connectivity index (χ3v) is 3.93. The first-order valence-corrected chi connectivity index (χ1v) is 7.70. The van der Waals surface area contributed by atoms with Gasteiger partial charge in [0.2, 0.25) is 0 Å². The first kappa shape index (κ1) is 16.4. The van der Waals surface area contributed by atoms with Crippen LogP contribution in [0.2, 0.25) is 0 Å². The van der Waals surface area contributed by atoms with Crippen molar-refractivity contribution in [3.05, 3.63) is 80.4 Å². The highest BCUT2D eigenvalue weighted by Crippen LogP contribution is 2.20. The van der Waals surface area contributed by atoms with Gasteiger partial charge in [0.1, 0.15) is 5.56 Å². The molecule has 3 rings (SSSR count). The Morgan fingerprint density at radius 1 is 1.24 bits per heavy atom. The van der Waals surface area contributed by atoms with Crippen molar-refractivity contribution < 1.29 is 4.79 Å². The number of carbonyl (C=O) groups excluding carboxylic acids is 1. The third kappa shape index (κ3) is 3.27. The molecule has 0 saturated heterocycles. The van der Waals surface area contributed by atoms with Crippen LogP contribution in [0.4, 0.5) is 0 Å². The lowest BCUT2D eigenvalue weighted by Crippen LogP contribution is -2.34. The molecule has 0 aliphatic carbocycles. The van der Waals surface area contributed by atoms with Crippen LogP contribution in [0.15, 0.2) is 52.3 Å². The van der Waals surface area contributed by atoms with Crippen molar-refractivity contribution >= 4 is 5.91 Å². The second-order valence-electron chi connectivity index (χ2n) is 5.61. The van der Waals surface area contributed by atoms with Crippen LogP contribution < -0.4 is 16.6 Å². The van der Waals surface area contributed by atoms with Crippen LogP contribution in [0.5, 0.6) is 0 Å². The fraction of sp³-hybridized carbons (Fsp3) is 0.176. The molecule has 0 aliphatic heterocycles. The number of rotatable bonds is 4. The summed E-state index contributed by atoms with van der Waals surface area (Å²) in [5, 5.41) is 7.11. The molecule has 0 spiro atoms. The van der Waals surface area contributed by atoms with E-state index >= 15 is 0 Å². The Hall–Kier alpha value is -3.42. The maximum absolute atomic E-state index is 12.3. The Morgan fingerprint density at radius 2 is 1.96 bits per heavy atom. The van der Waals surface area contributed by atoms with E-state index in [-0.39, 0.29) is 11.6 Å². The van der Waals surface area contributed by atoms with Crippen LogP contribution >= 0.6 is 0 Å². The van der Waals surface area contributed by atoms with Crippen molar-refractivity contribution in [1.29, 1.82) is 0 Å². The lowest BCUT2D eigenvalue weighted by Gasteiger charge is -2.14. The molecule has 1 atom stereocenters. The highest BCUT2D eigenvalue weighted by atomic mass is 16.2. The number of carbonyl (C=O) groups is 1. The number of benzene rings is 1. The van der Waals surface area contributed by atoms with Crippen LogP contribution in [0.25, 0.3) is 5.69 Å². The molecule has 2 heterocycles. The zero-order chi connectivity index (χ0) is 18.0. The number of para-hydroxylation sites is 1. The molecule has 0 unspecified atom stereocenters. The van der Waals surface area contributed by atoms with Gasteiger partial charge < -0.3 is 10.3 Å². The van der Waals surface area contributed by atoms with E-state index in [1.54, 1.807) is 17.8 Å². The van der Waals surface area contributed by atoms with Crippen molar-refractivity contribution in [3.63, 3.8) is 0 Å². The normalized spacial score (nSPS) is 11.9. The molecule has 8 heteroatoms. The van der Waals surface area contributed by atoms with E-state index in [4.69, 9.17) is 0 Å². The lowest BCUT2D eigenvalue weighted by molar-refractivity contribution is 0.0938. The minimum Gasteiger partial charge on any atom is -0.345 e. The standard InChI is InChI=1S/C17H17N5O3/c1-10(20-15(23)14-8-18-17(25)21-16(14)24)13-9-19-22(11(13)2)12-6-4-3-5-7-12/h3-10H,1-2H3,(H,20,23)(H2,18,21,24,25)/t10-/m1/s1. The predicted octanol–water partition coefficient (Wildman–Crippen LogP) is 1.05. The molecular formula is C17H17N5O3. The Kier molecular flexibility index (Phi) is 4.34. The topological polar surface area (TPSA) is 113 Å². The van der Waals surface area contributed by atoms with Gasteiger partial charge in [0, 0.05) is 17.5 Å². The molecule has 1 amide bonds. The number of H-pyrrole nitrogens is 2. The molecule has 8 nitrogen and oxygen atoms in total. The van der Waals surface area contributed by atoms with Crippen molar-refractivity contribution in [2.75, 3.05) is 0 Å². The van der Waals surface area contributed by atoms with E-state index in [0.717, 1.165) is 23.1 Å². The third-order valence-electron chi connectivity index (χ3n) is 3.93. The summed E-state index contributed by atoms with van der Waals surface area (Å²) in [6.07, 6.45) is 2.79. The molecule has 0 fully saturated rings. The molecule has 2 aromatic heterocycles. The number of nitrogens with one attached hydrogen (secondary N) is 3. The molecule has 0 saturated carbocycles. The summed E-state index contributed by atoms with van der Waals surface area (Å²) in [7, 11) is 0. The number of amides is 1. The number of hydrogen-bond donors (Lipinski definition) is 3. The monoisotopic (exact) mass is 339 g/mol. The Bertz CT molecular complexity index is 1020. The van der Waals surface area contributed by atoms with Gasteiger partial charge in [-0.15, -0.1) is 0 Å². The molecule has 3 aromatic rings. The van der Waals surface area contributed by atoms with E-state index in [9.17, 15) is 14.4 Å². The van der Waals surface area contributed by atoms with E-state index in [2.05, 4.69) is 15.4 Å². The minimum atomic E-state index is -0.731. The summed E-state index contributed by atoms with van der Waals surface area (Å²) in [6, 6.07) is 9.28. The van der Waals surface area contributed by atoms with Gasteiger partial charge in [-0.25, -0.2) is 9.48 Å². The van der Waals surface area contributed by atoms with Gasteiger partial charge in [0.05, 0.1) is 17.9 Å². The second kappa shape index (κ2) is 6.60. The van der Waals surface area contributed by atoms with Gasteiger partial charge in [0.25, 0.3) is 11.5 Å². The molecule has 3 N–H and O–H groups in total. The largest absolute Gasteiger partial charge is 0.345 e. The zero-order valence-corrected chi connectivity index (χ0v) is 13.7. The molecular weight excluding hydrogens is 322 g/mol. The van der Waals surface area contributed by atoms with Crippen molar-refractivity contribution in [1.82, 2.24) is 25.1 Å². The summed E-state index contributed by atoms with van der Waals surface area (Å²) < 4.78 is 1.78. The fourth-order valence-corrected chi connectivity index (χ4v) is 2.61. The van der Waals surface area contributed by atoms with Crippen LogP contribution in [-0.4, -0.2) is 25.7 Å². The van der Waals surface area contributed by atoms with Crippen LogP contribution in [0.3, 0.4) is 0 Å². The quantitative estimate of drug-likeness (QED) is 0.659. The summed E-state index contributed by atoms with van der Waals surface area (Å²) in [5.74, 6) is -0.572. The second-order valence-corrected chi connectivity index (χ2v) is 5.61. The zero-order valence-electron chi connectivity index (χ0n) is 13.7. The smallest absolute Gasteiger partial charge is 0.325 e. The minimum absolute atomic E-state index is 0.153. The van der Waals surface area contributed by atoms with Crippen molar-refractivity contribution in [2.45, 2.75) is 19.9 Å². The maximum atomic E-state index is 12.3. The Labute approximate surface area is 142 Å². The van der Waals surface area contributed by atoms with Crippen LogP contribution in [0, 0.1) is 6.92 Å². The average Bonchev–Trinajstić information content (AvgIpc) is 2.97. The SMILES string of the molecule is Cc1c([C@@H](C)NC(=O)c2c[nH]c(=O)[nH]c2=O)cnn1-c1ccccc1. The molecule has 1 aromatic carbocycles. The lowest BCUT2D eigenvalue weighted by atomic mass is 10.1. The van der Waals surface area contributed by atoms with Gasteiger partial charge in [-0.3, -0.25) is 14.6 Å². The van der Waals surface area contributed by atoms with Gasteiger partial charge in [-0.2, -0.15) is 5.10 Å². The van der Waals surface area contributed by atoms with Crippen molar-refractivity contribution in [3.8, 4) is 5.69 Å². The fourth-order valence-electron chi connectivity index (χ4n) is 2.61. The van der Waals surface area contributed by atoms with E-state index < -0.39 is 17.2 Å². The highest BCUT2D eigenvalue weighted by molar-refractivity contribution is 5.93. The predicted molar refractivity (Wildman–Crippen MR) is 91.9 cm³/mol. The Morgan fingerprint density at radius 3 is 2.64 bits per heavy atom. The first-order chi connectivity index (χ1) is 12.0. The van der Waals surface area contributed by atoms with Crippen molar-refractivity contribution in [2.24, 2.45) is 0 Å². The summed E-state index contributed by atoms with van der Waals surface area (Å²) in [6.45, 7) is 3.71. The molecule has 0 radical (unpaired) electrons. The van der Waals surface area contributed by atoms with E-state index in [1.165, 1.54) is 0 Å². The van der Waals surface area contributed by atoms with Gasteiger partial charge >= 0.3 is 5.69 Å². The number of aromatic nitrogens is 4. The summed E-state index contributed by atoms with van der Waals surface area (Å²) in [5.41, 5.74) is 1.09. The summed E-state index contributed by atoms with van der Waals surface area (Å²) in [4.78, 5) is 39.3. The molecule has 25 heavy (non-hydrogen) atoms. The van der Waals surface area contributed by atoms with Gasteiger partial charge in [-0.1, -0.05) is 18.2 Å². The number of hydrogen-bond acceptors (Lipinski definition) is 4. The number of aromatic amines is 2. The van der Waals surface area contributed by atoms with Gasteiger partial charge in [0.15, 0.2) is 0 Å². The number of nitrogens with zero attached hydrogens (tertiary/aromatic N) is 2. The maximum Gasteiger partial charge on any atom is 0.325 e. The Balaban J connectivity index is 1.83. The van der Waals surface area contributed by atoms with Crippen LogP contribution in [-0.2, 0) is 0 Å². The first-order valence-electron chi connectivity index (χ1n) is 7.70. The summed E-state index contributed by atoms with van der Waals surface area (Å²) >= 11 is 0. The molecule has 0 aliphatic rings. The van der Waals surface area contributed by atoms with E-state index in [0.29, 0.717) is 0 Å². The molecule has 0 bridgehead atoms.